The summed E-state index contributed by atoms with van der Waals surface area (Å²) in [5.74, 6) is -1.87. The molecule has 4 amide bonds. The minimum atomic E-state index is -1.70. The first-order valence-electron chi connectivity index (χ1n) is 11.7. The van der Waals surface area contributed by atoms with E-state index in [-0.39, 0.29) is 41.8 Å². The summed E-state index contributed by atoms with van der Waals surface area (Å²) < 4.78 is 6.68. The molecule has 2 N–H and O–H groups in total. The lowest BCUT2D eigenvalue weighted by Crippen LogP contribution is -2.56. The van der Waals surface area contributed by atoms with Crippen LogP contribution in [-0.2, 0) is 19.1 Å². The number of hydrogen-bond donors (Lipinski definition) is 2. The number of rotatable bonds is 7. The molecule has 2 heterocycles. The van der Waals surface area contributed by atoms with Crippen molar-refractivity contribution in [3.05, 3.63) is 71.4 Å². The number of hydrogen-bond acceptors (Lipinski definition) is 7. The van der Waals surface area contributed by atoms with E-state index in [1.807, 2.05) is 35.8 Å². The lowest BCUT2D eigenvalue weighted by Gasteiger charge is -2.33. The number of carbonyl (C=O) groups is 4. The largest absolute Gasteiger partial charge is 0.469 e. The van der Waals surface area contributed by atoms with Gasteiger partial charge in [0.15, 0.2) is 6.29 Å². The zero-order valence-electron chi connectivity index (χ0n) is 20.6. The number of para-hydroxylation sites is 1. The third-order valence-corrected chi connectivity index (χ3v) is 6.33. The number of esters is 1. The number of imide groups is 2. The van der Waals surface area contributed by atoms with E-state index in [4.69, 9.17) is 4.74 Å². The Hall–Kier alpha value is -4.28. The van der Waals surface area contributed by atoms with Crippen LogP contribution in [0.3, 0.4) is 0 Å². The molecule has 2 aromatic carbocycles. The Labute approximate surface area is 213 Å². The molecule has 0 bridgehead atoms. The zero-order valence-corrected chi connectivity index (χ0v) is 20.6. The molecule has 1 saturated heterocycles. The molecule has 4 rings (SSSR count). The van der Waals surface area contributed by atoms with E-state index in [0.29, 0.717) is 5.56 Å². The van der Waals surface area contributed by atoms with Gasteiger partial charge in [-0.25, -0.2) is 9.69 Å². The third kappa shape index (κ3) is 4.76. The number of nitrogens with zero attached hydrogens (tertiary/aromatic N) is 3. The Morgan fingerprint density at radius 3 is 2.32 bits per heavy atom. The van der Waals surface area contributed by atoms with Crippen molar-refractivity contribution in [3.63, 3.8) is 0 Å². The van der Waals surface area contributed by atoms with Crippen LogP contribution in [0, 0.1) is 0 Å². The number of amides is 4. The number of anilines is 1. The van der Waals surface area contributed by atoms with Gasteiger partial charge in [0.25, 0.3) is 11.8 Å². The molecule has 0 radical (unpaired) electrons. The highest BCUT2D eigenvalue weighted by molar-refractivity contribution is 6.39. The normalized spacial score (nSPS) is 16.3. The molecular formula is C27H27N3O7. The van der Waals surface area contributed by atoms with Crippen molar-refractivity contribution in [2.75, 3.05) is 18.6 Å². The van der Waals surface area contributed by atoms with Crippen LogP contribution in [0.25, 0.3) is 17.0 Å². The number of carbonyl (C=O) groups excluding carboxylic acids is 4. The van der Waals surface area contributed by atoms with Gasteiger partial charge in [-0.3, -0.25) is 19.3 Å². The summed E-state index contributed by atoms with van der Waals surface area (Å²) >= 11 is 0. The number of fused-ring (bicyclic) bond motifs is 1. The summed E-state index contributed by atoms with van der Waals surface area (Å²) in [4.78, 5) is 53.5. The molecule has 37 heavy (non-hydrogen) atoms. The minimum absolute atomic E-state index is 0.0458. The van der Waals surface area contributed by atoms with E-state index in [1.54, 1.807) is 13.1 Å². The molecule has 0 spiro atoms. The van der Waals surface area contributed by atoms with E-state index in [1.165, 1.54) is 37.5 Å². The molecule has 0 saturated carbocycles. The lowest BCUT2D eigenvalue weighted by molar-refractivity contribution is -0.141. The molecule has 1 fully saturated rings. The van der Waals surface area contributed by atoms with Gasteiger partial charge in [-0.05, 0) is 38.1 Å². The smallest absolute Gasteiger partial charge is 0.338 e. The van der Waals surface area contributed by atoms with Crippen molar-refractivity contribution in [1.82, 2.24) is 9.47 Å². The van der Waals surface area contributed by atoms with Crippen molar-refractivity contribution < 1.29 is 34.1 Å². The van der Waals surface area contributed by atoms with Gasteiger partial charge in [-0.1, -0.05) is 30.3 Å². The molecule has 192 valence electrons. The third-order valence-electron chi connectivity index (χ3n) is 6.33. The van der Waals surface area contributed by atoms with Gasteiger partial charge in [0.2, 0.25) is 0 Å². The first kappa shape index (κ1) is 25.8. The van der Waals surface area contributed by atoms with Crippen LogP contribution in [0.1, 0.15) is 43.7 Å². The van der Waals surface area contributed by atoms with Gasteiger partial charge in [-0.15, -0.1) is 0 Å². The summed E-state index contributed by atoms with van der Waals surface area (Å²) in [6, 6.07) is 11.9. The molecule has 1 aliphatic rings. The first-order chi connectivity index (χ1) is 17.7. The summed E-state index contributed by atoms with van der Waals surface area (Å²) in [5, 5.41) is 19.5. The van der Waals surface area contributed by atoms with Gasteiger partial charge in [0.05, 0.1) is 19.2 Å². The molecule has 0 aliphatic carbocycles. The SMILES string of the molecule is CCN1C(=O)/C(=C\c2cn(C(C)CC(=O)OC)c3ccccc23)C(=O)N(c2ccc(C(O)O)cc2)C1=O. The van der Waals surface area contributed by atoms with Crippen LogP contribution >= 0.6 is 0 Å². The van der Waals surface area contributed by atoms with Crippen LogP contribution < -0.4 is 4.90 Å². The van der Waals surface area contributed by atoms with Crippen LogP contribution in [-0.4, -0.2) is 57.1 Å². The van der Waals surface area contributed by atoms with Crippen LogP contribution in [0.15, 0.2) is 60.3 Å². The van der Waals surface area contributed by atoms with E-state index in [2.05, 4.69) is 0 Å². The van der Waals surface area contributed by atoms with Crippen LogP contribution in [0.2, 0.25) is 0 Å². The van der Waals surface area contributed by atoms with Gasteiger partial charge in [0.1, 0.15) is 5.57 Å². The Morgan fingerprint density at radius 2 is 1.70 bits per heavy atom. The number of benzene rings is 2. The Balaban J connectivity index is 1.80. The number of urea groups is 1. The summed E-state index contributed by atoms with van der Waals surface area (Å²) in [7, 11) is 1.32. The Kier molecular flexibility index (Phi) is 7.23. The maximum absolute atomic E-state index is 13.5. The number of likely N-dealkylation sites (N-methyl/N-ethyl adjacent to an activating group) is 1. The highest BCUT2D eigenvalue weighted by atomic mass is 16.5. The average molecular weight is 506 g/mol. The monoisotopic (exact) mass is 505 g/mol. The fourth-order valence-electron chi connectivity index (χ4n) is 4.37. The maximum Gasteiger partial charge on any atom is 0.338 e. The summed E-state index contributed by atoms with van der Waals surface area (Å²) in [5.41, 5.74) is 1.56. The molecule has 1 aromatic heterocycles. The van der Waals surface area contributed by atoms with Crippen LogP contribution in [0.4, 0.5) is 10.5 Å². The zero-order chi connectivity index (χ0) is 26.9. The highest BCUT2D eigenvalue weighted by Crippen LogP contribution is 2.31. The topological polar surface area (TPSA) is 129 Å². The van der Waals surface area contributed by atoms with E-state index in [9.17, 15) is 29.4 Å². The number of barbiturate groups is 1. The number of aromatic nitrogens is 1. The highest BCUT2D eigenvalue weighted by Gasteiger charge is 2.42. The van der Waals surface area contributed by atoms with Crippen molar-refractivity contribution in [3.8, 4) is 0 Å². The van der Waals surface area contributed by atoms with Crippen molar-refractivity contribution in [1.29, 1.82) is 0 Å². The fourth-order valence-corrected chi connectivity index (χ4v) is 4.37. The van der Waals surface area contributed by atoms with E-state index >= 15 is 0 Å². The number of methoxy groups -OCH3 is 1. The van der Waals surface area contributed by atoms with E-state index in [0.717, 1.165) is 20.7 Å². The molecule has 1 aliphatic heterocycles. The van der Waals surface area contributed by atoms with Gasteiger partial charge in [0, 0.05) is 40.8 Å². The quantitative estimate of drug-likeness (QED) is 0.218. The minimum Gasteiger partial charge on any atom is -0.469 e. The fraction of sp³-hybridized carbons (Fsp3) is 0.259. The van der Waals surface area contributed by atoms with Gasteiger partial charge < -0.3 is 19.5 Å². The van der Waals surface area contributed by atoms with Gasteiger partial charge in [-0.2, -0.15) is 0 Å². The first-order valence-corrected chi connectivity index (χ1v) is 11.7. The number of aliphatic hydroxyl groups is 2. The second kappa shape index (κ2) is 10.4. The van der Waals surface area contributed by atoms with Gasteiger partial charge >= 0.3 is 12.0 Å². The standard InChI is InChI=1S/C27H27N3O7/c1-4-28-24(32)21(25(33)30(27(28)36)19-11-9-17(10-12-19)26(34)35)14-18-15-29(16(2)13-23(31)37-3)22-8-6-5-7-20(18)22/h5-12,14-16,26,34-35H,4,13H2,1-3H3/b21-14+. The molecule has 10 nitrogen and oxygen atoms in total. The molecule has 10 heteroatoms. The summed E-state index contributed by atoms with van der Waals surface area (Å²) in [6.45, 7) is 3.54. The Bertz CT molecular complexity index is 1410. The molecule has 1 atom stereocenters. The van der Waals surface area contributed by atoms with Crippen molar-refractivity contribution in [2.24, 2.45) is 0 Å². The maximum atomic E-state index is 13.5. The van der Waals surface area contributed by atoms with E-state index < -0.39 is 24.1 Å². The second-order valence-corrected chi connectivity index (χ2v) is 8.63. The molecule has 1 unspecified atom stereocenters. The van der Waals surface area contributed by atoms with Crippen LogP contribution in [0.5, 0.6) is 0 Å². The average Bonchev–Trinajstić information content (AvgIpc) is 3.25. The second-order valence-electron chi connectivity index (χ2n) is 8.63. The number of aliphatic hydroxyl groups excluding tert-OH is 1. The predicted octanol–water partition coefficient (Wildman–Crippen LogP) is 3.15. The summed E-state index contributed by atoms with van der Waals surface area (Å²) in [6.07, 6.45) is 1.65. The predicted molar refractivity (Wildman–Crippen MR) is 135 cm³/mol. The molecular weight excluding hydrogens is 478 g/mol. The number of ether oxygens (including phenoxy) is 1. The van der Waals surface area contributed by atoms with Crippen molar-refractivity contribution in [2.45, 2.75) is 32.6 Å². The molecule has 3 aromatic rings. The Morgan fingerprint density at radius 1 is 1.03 bits per heavy atom. The lowest BCUT2D eigenvalue weighted by atomic mass is 10.0. The van der Waals surface area contributed by atoms with Crippen molar-refractivity contribution >= 4 is 46.5 Å².